The molecule has 0 unspecified atom stereocenters. The van der Waals surface area contributed by atoms with Crippen molar-refractivity contribution in [2.75, 3.05) is 0 Å². The van der Waals surface area contributed by atoms with Gasteiger partial charge in [-0.1, -0.05) is 0 Å². The summed E-state index contributed by atoms with van der Waals surface area (Å²) in [6.07, 6.45) is -1.56. The highest BCUT2D eigenvalue weighted by molar-refractivity contribution is 7.10. The predicted octanol–water partition coefficient (Wildman–Crippen LogP) is 4.29. The maximum absolute atomic E-state index is 12.3. The van der Waals surface area contributed by atoms with Crippen LogP contribution in [0.2, 0.25) is 0 Å². The number of carbonyl (C=O) groups excluding carboxylic acids is 2. The Morgan fingerprint density at radius 2 is 1.61 bits per heavy atom. The third-order valence-corrected chi connectivity index (χ3v) is 3.25. The summed E-state index contributed by atoms with van der Waals surface area (Å²) in [5.41, 5.74) is -0.979. The quantitative estimate of drug-likeness (QED) is 0.803. The van der Waals surface area contributed by atoms with Crippen LogP contribution < -0.4 is 0 Å². The molecule has 1 aromatic rings. The SMILES string of the molecule is CC(C)(C)OC(=O)N(Cc1cc(C#N)cs1)C(=O)OC(C)(C)C. The van der Waals surface area contributed by atoms with E-state index in [1.165, 1.54) is 11.3 Å². The Morgan fingerprint density at radius 3 is 1.96 bits per heavy atom. The summed E-state index contributed by atoms with van der Waals surface area (Å²) in [7, 11) is 0. The molecule has 0 aliphatic rings. The molecule has 1 heterocycles. The Balaban J connectivity index is 2.98. The van der Waals surface area contributed by atoms with E-state index < -0.39 is 23.4 Å². The summed E-state index contributed by atoms with van der Waals surface area (Å²) in [6, 6.07) is 3.65. The van der Waals surface area contributed by atoms with E-state index in [2.05, 4.69) is 0 Å². The fourth-order valence-electron chi connectivity index (χ4n) is 1.52. The van der Waals surface area contributed by atoms with Gasteiger partial charge >= 0.3 is 12.2 Å². The standard InChI is InChI=1S/C16H22N2O4S/c1-15(2,3)21-13(19)18(14(20)22-16(4,5)6)9-12-7-11(8-17)10-23-12/h7,10H,9H2,1-6H3. The van der Waals surface area contributed by atoms with Crippen LogP contribution in [0.25, 0.3) is 0 Å². The van der Waals surface area contributed by atoms with E-state index in [4.69, 9.17) is 14.7 Å². The first-order valence-corrected chi connectivity index (χ1v) is 8.00. The molecule has 0 atom stereocenters. The average Bonchev–Trinajstić information content (AvgIpc) is 2.79. The minimum absolute atomic E-state index is 0.00380. The zero-order valence-corrected chi connectivity index (χ0v) is 15.1. The van der Waals surface area contributed by atoms with E-state index in [0.717, 1.165) is 4.90 Å². The van der Waals surface area contributed by atoms with Crippen molar-refractivity contribution in [3.63, 3.8) is 0 Å². The highest BCUT2D eigenvalue weighted by atomic mass is 32.1. The molecule has 0 saturated heterocycles. The van der Waals surface area contributed by atoms with Crippen molar-refractivity contribution in [2.45, 2.75) is 59.3 Å². The van der Waals surface area contributed by atoms with Gasteiger partial charge in [-0.3, -0.25) is 0 Å². The van der Waals surface area contributed by atoms with Crippen LogP contribution >= 0.6 is 11.3 Å². The van der Waals surface area contributed by atoms with Gasteiger partial charge < -0.3 is 9.47 Å². The van der Waals surface area contributed by atoms with Crippen molar-refractivity contribution in [1.82, 2.24) is 4.90 Å². The Kier molecular flexibility index (Phi) is 5.78. The number of rotatable bonds is 2. The van der Waals surface area contributed by atoms with E-state index >= 15 is 0 Å². The van der Waals surface area contributed by atoms with Gasteiger partial charge in [-0.05, 0) is 47.6 Å². The summed E-state index contributed by atoms with van der Waals surface area (Å²) in [5.74, 6) is 0. The van der Waals surface area contributed by atoms with Gasteiger partial charge in [-0.15, -0.1) is 11.3 Å². The molecule has 7 heteroatoms. The number of carbonyl (C=O) groups is 2. The number of hydrogen-bond acceptors (Lipinski definition) is 6. The predicted molar refractivity (Wildman–Crippen MR) is 87.0 cm³/mol. The van der Waals surface area contributed by atoms with E-state index in [1.807, 2.05) is 6.07 Å². The minimum atomic E-state index is -0.779. The van der Waals surface area contributed by atoms with Crippen molar-refractivity contribution in [3.05, 3.63) is 21.9 Å². The fraction of sp³-hybridized carbons (Fsp3) is 0.562. The topological polar surface area (TPSA) is 79.6 Å². The highest BCUT2D eigenvalue weighted by Gasteiger charge is 2.31. The van der Waals surface area contributed by atoms with Gasteiger partial charge in [0.2, 0.25) is 0 Å². The molecule has 2 amide bonds. The number of imide groups is 1. The van der Waals surface area contributed by atoms with Gasteiger partial charge in [0.25, 0.3) is 0 Å². The number of nitriles is 1. The maximum atomic E-state index is 12.3. The lowest BCUT2D eigenvalue weighted by atomic mass is 10.2. The Labute approximate surface area is 140 Å². The molecule has 23 heavy (non-hydrogen) atoms. The van der Waals surface area contributed by atoms with Crippen LogP contribution in [0.3, 0.4) is 0 Å². The first-order valence-electron chi connectivity index (χ1n) is 7.12. The average molecular weight is 338 g/mol. The number of hydrogen-bond donors (Lipinski definition) is 0. The second-order valence-corrected chi connectivity index (χ2v) is 7.96. The van der Waals surface area contributed by atoms with E-state index in [9.17, 15) is 9.59 Å². The third kappa shape index (κ3) is 6.70. The van der Waals surface area contributed by atoms with Gasteiger partial charge in [-0.2, -0.15) is 5.26 Å². The molecular formula is C16H22N2O4S. The molecule has 0 N–H and O–H groups in total. The van der Waals surface area contributed by atoms with Gasteiger partial charge in [-0.25, -0.2) is 14.5 Å². The van der Waals surface area contributed by atoms with Crippen LogP contribution in [0.1, 0.15) is 52.0 Å². The molecule has 6 nitrogen and oxygen atoms in total. The summed E-state index contributed by atoms with van der Waals surface area (Å²) in [4.78, 5) is 26.2. The summed E-state index contributed by atoms with van der Waals surface area (Å²) < 4.78 is 10.5. The van der Waals surface area contributed by atoms with Crippen LogP contribution in [0.4, 0.5) is 9.59 Å². The molecule has 0 aliphatic heterocycles. The Hall–Kier alpha value is -2.07. The van der Waals surface area contributed by atoms with E-state index in [1.54, 1.807) is 53.0 Å². The molecule has 0 aromatic carbocycles. The monoisotopic (exact) mass is 338 g/mol. The first-order chi connectivity index (χ1) is 10.4. The molecule has 0 saturated carbocycles. The molecule has 126 valence electrons. The molecule has 0 spiro atoms. The smallest absolute Gasteiger partial charge is 0.420 e. The second-order valence-electron chi connectivity index (χ2n) is 6.96. The number of thiophene rings is 1. The number of ether oxygens (including phenoxy) is 2. The Bertz CT molecular complexity index is 589. The fourth-order valence-corrected chi connectivity index (χ4v) is 2.31. The maximum Gasteiger partial charge on any atom is 0.420 e. The van der Waals surface area contributed by atoms with Crippen molar-refractivity contribution in [3.8, 4) is 6.07 Å². The summed E-state index contributed by atoms with van der Waals surface area (Å²) in [6.45, 7) is 10.3. The van der Waals surface area contributed by atoms with Crippen molar-refractivity contribution in [1.29, 1.82) is 5.26 Å². The van der Waals surface area contributed by atoms with Crippen LogP contribution in [-0.4, -0.2) is 28.3 Å². The van der Waals surface area contributed by atoms with Crippen molar-refractivity contribution < 1.29 is 19.1 Å². The lowest BCUT2D eigenvalue weighted by molar-refractivity contribution is -0.0000506. The molecule has 0 aliphatic carbocycles. The molecule has 1 rings (SSSR count). The zero-order chi connectivity index (χ0) is 17.8. The lowest BCUT2D eigenvalue weighted by Crippen LogP contribution is -2.43. The van der Waals surface area contributed by atoms with E-state index in [0.29, 0.717) is 10.4 Å². The van der Waals surface area contributed by atoms with Crippen LogP contribution in [0, 0.1) is 11.3 Å². The zero-order valence-electron chi connectivity index (χ0n) is 14.3. The molecule has 0 radical (unpaired) electrons. The molecule has 1 aromatic heterocycles. The van der Waals surface area contributed by atoms with Gasteiger partial charge in [0, 0.05) is 10.3 Å². The first kappa shape index (κ1) is 19.0. The van der Waals surface area contributed by atoms with Crippen LogP contribution in [-0.2, 0) is 16.0 Å². The largest absolute Gasteiger partial charge is 0.443 e. The van der Waals surface area contributed by atoms with Gasteiger partial charge in [0.05, 0.1) is 12.1 Å². The molecule has 0 fully saturated rings. The summed E-state index contributed by atoms with van der Waals surface area (Å²) in [5, 5.41) is 10.5. The second kappa shape index (κ2) is 7.01. The minimum Gasteiger partial charge on any atom is -0.443 e. The third-order valence-electron chi connectivity index (χ3n) is 2.32. The van der Waals surface area contributed by atoms with Crippen LogP contribution in [0.15, 0.2) is 11.4 Å². The lowest BCUT2D eigenvalue weighted by Gasteiger charge is -2.28. The van der Waals surface area contributed by atoms with Crippen molar-refractivity contribution in [2.24, 2.45) is 0 Å². The van der Waals surface area contributed by atoms with Crippen molar-refractivity contribution >= 4 is 23.5 Å². The highest BCUT2D eigenvalue weighted by Crippen LogP contribution is 2.20. The summed E-state index contributed by atoms with van der Waals surface area (Å²) >= 11 is 1.29. The Morgan fingerprint density at radius 1 is 1.13 bits per heavy atom. The number of nitrogens with zero attached hydrogens (tertiary/aromatic N) is 2. The number of amides is 2. The normalized spacial score (nSPS) is 11.5. The van der Waals surface area contributed by atoms with Gasteiger partial charge in [0.15, 0.2) is 0 Å². The molecular weight excluding hydrogens is 316 g/mol. The van der Waals surface area contributed by atoms with Gasteiger partial charge in [0.1, 0.15) is 17.3 Å². The van der Waals surface area contributed by atoms with Crippen LogP contribution in [0.5, 0.6) is 0 Å². The molecule has 0 bridgehead atoms. The van der Waals surface area contributed by atoms with E-state index in [-0.39, 0.29) is 6.54 Å².